The number of ether oxygens (including phenoxy) is 2. The van der Waals surface area contributed by atoms with E-state index in [1.165, 1.54) is 17.0 Å². The van der Waals surface area contributed by atoms with Crippen LogP contribution in [0.3, 0.4) is 0 Å². The highest BCUT2D eigenvalue weighted by Crippen LogP contribution is 2.41. The Morgan fingerprint density at radius 2 is 1.66 bits per heavy atom. The van der Waals surface area contributed by atoms with Gasteiger partial charge in [0.1, 0.15) is 23.0 Å². The predicted octanol–water partition coefficient (Wildman–Crippen LogP) is 5.76. The number of aryl methyl sites for hydroxylation is 1. The van der Waals surface area contributed by atoms with E-state index >= 15 is 0 Å². The number of carbonyl (C=O) groups is 2. The summed E-state index contributed by atoms with van der Waals surface area (Å²) in [6, 6.07) is 18.0. The van der Waals surface area contributed by atoms with Crippen molar-refractivity contribution in [3.05, 3.63) is 94.6 Å². The summed E-state index contributed by atoms with van der Waals surface area (Å²) in [5.74, 6) is 0.144. The minimum absolute atomic E-state index is 0.00105. The Balaban J connectivity index is 1.73. The molecule has 1 aliphatic heterocycles. The third kappa shape index (κ3) is 5.67. The number of nitrogens with zero attached hydrogens (tertiary/aromatic N) is 1. The van der Waals surface area contributed by atoms with Crippen LogP contribution in [0.25, 0.3) is 5.76 Å². The summed E-state index contributed by atoms with van der Waals surface area (Å²) in [6.07, 6.45) is 0. The number of Topliss-reactive ketones (excluding diaryl/α,β-unsaturated/α-hetero) is 1. The average molecular weight is 516 g/mol. The van der Waals surface area contributed by atoms with Crippen molar-refractivity contribution in [1.82, 2.24) is 4.90 Å². The van der Waals surface area contributed by atoms with Crippen molar-refractivity contribution in [2.75, 3.05) is 13.2 Å². The van der Waals surface area contributed by atoms with Crippen molar-refractivity contribution in [2.45, 2.75) is 40.3 Å². The monoisotopic (exact) mass is 515 g/mol. The first-order chi connectivity index (χ1) is 18.2. The van der Waals surface area contributed by atoms with Crippen molar-refractivity contribution in [1.29, 1.82) is 0 Å². The lowest BCUT2D eigenvalue weighted by molar-refractivity contribution is -0.140. The van der Waals surface area contributed by atoms with Crippen LogP contribution in [-0.4, -0.2) is 40.0 Å². The van der Waals surface area contributed by atoms with Crippen LogP contribution in [0, 0.1) is 12.8 Å². The zero-order valence-corrected chi connectivity index (χ0v) is 22.1. The minimum Gasteiger partial charge on any atom is -0.508 e. The molecule has 0 radical (unpaired) electrons. The number of hydrogen-bond donors (Lipinski definition) is 2. The average Bonchev–Trinajstić information content (AvgIpc) is 3.14. The summed E-state index contributed by atoms with van der Waals surface area (Å²) >= 11 is 0. The predicted molar refractivity (Wildman–Crippen MR) is 145 cm³/mol. The fraction of sp³-hybridized carbons (Fsp3) is 0.290. The van der Waals surface area contributed by atoms with E-state index in [1.54, 1.807) is 30.3 Å². The molecule has 1 heterocycles. The number of rotatable bonds is 9. The first-order valence-corrected chi connectivity index (χ1v) is 12.7. The van der Waals surface area contributed by atoms with Gasteiger partial charge in [-0.25, -0.2) is 0 Å². The molecule has 1 aliphatic rings. The van der Waals surface area contributed by atoms with Crippen molar-refractivity contribution in [3.63, 3.8) is 0 Å². The first kappa shape index (κ1) is 26.8. The standard InChI is InChI=1S/C31H33NO6/c1-5-37-26-15-10-23(16-20(26)4)29(34)27-28(22-8-11-24(33)12-9-22)32(31(36)30(27)35)17-21-6-13-25(14-7-21)38-18-19(2)3/h6-16,19,28,33-34H,5,17-18H2,1-4H3/b29-27-. The maximum Gasteiger partial charge on any atom is 0.295 e. The van der Waals surface area contributed by atoms with Crippen LogP contribution in [0.15, 0.2) is 72.3 Å². The van der Waals surface area contributed by atoms with E-state index in [1.807, 2.05) is 38.1 Å². The van der Waals surface area contributed by atoms with E-state index in [0.29, 0.717) is 36.0 Å². The Hall–Kier alpha value is -4.26. The quantitative estimate of drug-likeness (QED) is 0.214. The number of phenolic OH excluding ortho intramolecular Hbond substituents is 1. The number of amides is 1. The van der Waals surface area contributed by atoms with E-state index in [0.717, 1.165) is 16.9 Å². The number of aliphatic hydroxyl groups is 1. The maximum atomic E-state index is 13.3. The van der Waals surface area contributed by atoms with E-state index in [4.69, 9.17) is 9.47 Å². The van der Waals surface area contributed by atoms with Gasteiger partial charge in [-0.05, 0) is 78.9 Å². The van der Waals surface area contributed by atoms with Gasteiger partial charge >= 0.3 is 0 Å². The summed E-state index contributed by atoms with van der Waals surface area (Å²) in [5.41, 5.74) is 2.62. The van der Waals surface area contributed by atoms with E-state index < -0.39 is 17.7 Å². The lowest BCUT2D eigenvalue weighted by Gasteiger charge is -2.25. The van der Waals surface area contributed by atoms with Gasteiger partial charge in [-0.15, -0.1) is 0 Å². The molecule has 0 bridgehead atoms. The van der Waals surface area contributed by atoms with E-state index in [-0.39, 0.29) is 23.6 Å². The fourth-order valence-corrected chi connectivity index (χ4v) is 4.47. The molecule has 3 aromatic rings. The van der Waals surface area contributed by atoms with Gasteiger partial charge in [0.25, 0.3) is 11.7 Å². The highest BCUT2D eigenvalue weighted by molar-refractivity contribution is 6.46. The molecule has 4 rings (SSSR count). The van der Waals surface area contributed by atoms with Crippen molar-refractivity contribution in [3.8, 4) is 17.2 Å². The molecular weight excluding hydrogens is 482 g/mol. The van der Waals surface area contributed by atoms with Crippen LogP contribution in [0.4, 0.5) is 0 Å². The summed E-state index contributed by atoms with van der Waals surface area (Å²) in [4.78, 5) is 28.1. The van der Waals surface area contributed by atoms with Gasteiger partial charge in [-0.1, -0.05) is 38.1 Å². The molecular formula is C31H33NO6. The van der Waals surface area contributed by atoms with Gasteiger partial charge in [-0.2, -0.15) is 0 Å². The lowest BCUT2D eigenvalue weighted by Crippen LogP contribution is -2.29. The van der Waals surface area contributed by atoms with Crippen LogP contribution < -0.4 is 9.47 Å². The number of carbonyl (C=O) groups excluding carboxylic acids is 2. The largest absolute Gasteiger partial charge is 0.508 e. The fourth-order valence-electron chi connectivity index (χ4n) is 4.47. The Labute approximate surface area is 222 Å². The summed E-state index contributed by atoms with van der Waals surface area (Å²) in [5, 5.41) is 21.2. The normalized spacial score (nSPS) is 16.8. The topological polar surface area (TPSA) is 96.3 Å². The summed E-state index contributed by atoms with van der Waals surface area (Å²) in [7, 11) is 0. The Bertz CT molecular complexity index is 1340. The third-order valence-electron chi connectivity index (χ3n) is 6.36. The summed E-state index contributed by atoms with van der Waals surface area (Å²) in [6.45, 7) is 9.14. The smallest absolute Gasteiger partial charge is 0.295 e. The number of aromatic hydroxyl groups is 1. The lowest BCUT2D eigenvalue weighted by atomic mass is 9.94. The zero-order valence-electron chi connectivity index (χ0n) is 22.1. The minimum atomic E-state index is -0.834. The molecule has 38 heavy (non-hydrogen) atoms. The molecule has 198 valence electrons. The number of phenols is 1. The van der Waals surface area contributed by atoms with E-state index in [9.17, 15) is 19.8 Å². The molecule has 1 fully saturated rings. The Morgan fingerprint density at radius 3 is 2.26 bits per heavy atom. The summed E-state index contributed by atoms with van der Waals surface area (Å²) < 4.78 is 11.4. The molecule has 2 N–H and O–H groups in total. The third-order valence-corrected chi connectivity index (χ3v) is 6.36. The van der Waals surface area contributed by atoms with Gasteiger partial charge in [0.05, 0.1) is 24.8 Å². The first-order valence-electron chi connectivity index (χ1n) is 12.7. The number of ketones is 1. The Kier molecular flexibility index (Phi) is 8.05. The zero-order chi connectivity index (χ0) is 27.4. The van der Waals surface area contributed by atoms with Crippen LogP contribution in [0.2, 0.25) is 0 Å². The highest BCUT2D eigenvalue weighted by atomic mass is 16.5. The number of likely N-dealkylation sites (tertiary alicyclic amines) is 1. The SMILES string of the molecule is CCOc1ccc(/C(O)=C2/C(=O)C(=O)N(Cc3ccc(OCC(C)C)cc3)C2c2ccc(O)cc2)cc1C. The Morgan fingerprint density at radius 1 is 0.974 bits per heavy atom. The van der Waals surface area contributed by atoms with Gasteiger partial charge in [0.15, 0.2) is 0 Å². The highest BCUT2D eigenvalue weighted by Gasteiger charge is 2.46. The maximum absolute atomic E-state index is 13.3. The molecule has 0 aliphatic carbocycles. The molecule has 3 aromatic carbocycles. The second-order valence-electron chi connectivity index (χ2n) is 9.78. The van der Waals surface area contributed by atoms with Crippen LogP contribution in [0.1, 0.15) is 49.1 Å². The molecule has 0 saturated carbocycles. The second kappa shape index (κ2) is 11.4. The van der Waals surface area contributed by atoms with Crippen LogP contribution in [-0.2, 0) is 16.1 Å². The van der Waals surface area contributed by atoms with Crippen molar-refractivity contribution < 1.29 is 29.3 Å². The molecule has 1 amide bonds. The molecule has 7 heteroatoms. The van der Waals surface area contributed by atoms with Gasteiger partial charge in [0.2, 0.25) is 0 Å². The van der Waals surface area contributed by atoms with Crippen LogP contribution in [0.5, 0.6) is 17.2 Å². The molecule has 1 atom stereocenters. The molecule has 1 saturated heterocycles. The second-order valence-corrected chi connectivity index (χ2v) is 9.78. The molecule has 0 spiro atoms. The molecule has 7 nitrogen and oxygen atoms in total. The van der Waals surface area contributed by atoms with Gasteiger partial charge in [-0.3, -0.25) is 9.59 Å². The molecule has 1 unspecified atom stereocenters. The van der Waals surface area contributed by atoms with Crippen molar-refractivity contribution in [2.24, 2.45) is 5.92 Å². The van der Waals surface area contributed by atoms with Crippen molar-refractivity contribution >= 4 is 17.4 Å². The number of aliphatic hydroxyl groups excluding tert-OH is 1. The number of hydrogen-bond acceptors (Lipinski definition) is 6. The molecule has 0 aromatic heterocycles. The van der Waals surface area contributed by atoms with Crippen LogP contribution >= 0.6 is 0 Å². The van der Waals surface area contributed by atoms with Gasteiger partial charge < -0.3 is 24.6 Å². The van der Waals surface area contributed by atoms with Gasteiger partial charge in [0, 0.05) is 12.1 Å². The van der Waals surface area contributed by atoms with E-state index in [2.05, 4.69) is 13.8 Å². The number of benzene rings is 3.